The van der Waals surface area contributed by atoms with Crippen LogP contribution < -0.4 is 0 Å². The molecule has 4 aliphatic rings. The van der Waals surface area contributed by atoms with E-state index >= 15 is 0 Å². The van der Waals surface area contributed by atoms with Crippen molar-refractivity contribution in [1.29, 1.82) is 0 Å². The lowest BCUT2D eigenvalue weighted by atomic mass is 9.43. The molecular weight excluding hydrogens is 380 g/mol. The number of aliphatic hydroxyl groups is 3. The Hall–Kier alpha value is -0.650. The van der Waals surface area contributed by atoms with Gasteiger partial charge in [0.1, 0.15) is 0 Å². The van der Waals surface area contributed by atoms with Gasteiger partial charge in [0, 0.05) is 6.42 Å². The molecule has 0 bridgehead atoms. The molecule has 4 saturated carbocycles. The van der Waals surface area contributed by atoms with Gasteiger partial charge in [-0.25, -0.2) is 0 Å². The molecule has 172 valence electrons. The van der Waals surface area contributed by atoms with Gasteiger partial charge in [0.2, 0.25) is 0 Å². The van der Waals surface area contributed by atoms with Gasteiger partial charge in [-0.3, -0.25) is 4.79 Å². The second-order valence-electron chi connectivity index (χ2n) is 11.6. The van der Waals surface area contributed by atoms with Crippen molar-refractivity contribution < 1.29 is 24.9 Å². The quantitative estimate of drug-likeness (QED) is 0.603. The number of fused-ring (bicyclic) bond motifs is 5. The number of hydrogen-bond acceptors (Lipinski definition) is 5. The van der Waals surface area contributed by atoms with Gasteiger partial charge < -0.3 is 20.1 Å². The van der Waals surface area contributed by atoms with Crippen LogP contribution in [0, 0.1) is 46.3 Å². The molecule has 0 amide bonds. The number of ether oxygens (including phenoxy) is 1. The van der Waals surface area contributed by atoms with E-state index in [-0.39, 0.29) is 41.0 Å². The molecule has 1 unspecified atom stereocenters. The van der Waals surface area contributed by atoms with Gasteiger partial charge in [-0.1, -0.05) is 20.8 Å². The Morgan fingerprint density at radius 1 is 1.07 bits per heavy atom. The van der Waals surface area contributed by atoms with E-state index in [1.165, 1.54) is 7.11 Å². The zero-order valence-electron chi connectivity index (χ0n) is 19.2. The molecule has 0 aliphatic heterocycles. The first-order chi connectivity index (χ1) is 14.1. The Morgan fingerprint density at radius 3 is 2.50 bits per heavy atom. The number of aliphatic hydroxyl groups excluding tert-OH is 3. The highest BCUT2D eigenvalue weighted by atomic mass is 16.5. The summed E-state index contributed by atoms with van der Waals surface area (Å²) in [7, 11) is 1.44. The fourth-order valence-electron chi connectivity index (χ4n) is 8.78. The molecular formula is C25H42O5. The molecule has 3 N–H and O–H groups in total. The van der Waals surface area contributed by atoms with Crippen LogP contribution in [-0.2, 0) is 9.53 Å². The zero-order chi connectivity index (χ0) is 21.8. The molecule has 30 heavy (non-hydrogen) atoms. The first kappa shape index (κ1) is 22.5. The molecule has 0 heterocycles. The van der Waals surface area contributed by atoms with E-state index in [1.807, 2.05) is 0 Å². The van der Waals surface area contributed by atoms with Crippen LogP contribution in [-0.4, -0.2) is 46.7 Å². The maximum Gasteiger partial charge on any atom is 0.305 e. The van der Waals surface area contributed by atoms with E-state index in [2.05, 4.69) is 20.8 Å². The summed E-state index contributed by atoms with van der Waals surface area (Å²) in [5.41, 5.74) is -0.0882. The lowest BCUT2D eigenvalue weighted by Crippen LogP contribution is -2.62. The predicted molar refractivity (Wildman–Crippen MR) is 114 cm³/mol. The SMILES string of the molecule is COC(=O)CC[C@@H](C)[C@H]1CC[C@H]2[C@@H]3[C@@H](O)CC4C[C@H](O)CC[C@]4(C)[C@H]3C[C@H](O)[C@]12C. The number of rotatable bonds is 4. The van der Waals surface area contributed by atoms with Crippen molar-refractivity contribution in [3.8, 4) is 0 Å². The van der Waals surface area contributed by atoms with E-state index in [4.69, 9.17) is 4.74 Å². The average molecular weight is 423 g/mol. The van der Waals surface area contributed by atoms with Crippen molar-refractivity contribution in [2.24, 2.45) is 46.3 Å². The topological polar surface area (TPSA) is 87.0 Å². The van der Waals surface area contributed by atoms with Gasteiger partial charge in [0.25, 0.3) is 0 Å². The summed E-state index contributed by atoms with van der Waals surface area (Å²) >= 11 is 0. The largest absolute Gasteiger partial charge is 0.469 e. The molecule has 5 heteroatoms. The molecule has 0 aromatic rings. The van der Waals surface area contributed by atoms with E-state index in [1.54, 1.807) is 0 Å². The normalized spacial score (nSPS) is 51.4. The lowest BCUT2D eigenvalue weighted by Gasteiger charge is -2.63. The molecule has 0 aromatic heterocycles. The molecule has 0 radical (unpaired) electrons. The van der Waals surface area contributed by atoms with Crippen LogP contribution in [0.15, 0.2) is 0 Å². The minimum Gasteiger partial charge on any atom is -0.469 e. The fraction of sp³-hybridized carbons (Fsp3) is 0.960. The van der Waals surface area contributed by atoms with Crippen molar-refractivity contribution in [3.05, 3.63) is 0 Å². The minimum absolute atomic E-state index is 0.111. The summed E-state index contributed by atoms with van der Waals surface area (Å²) in [6.45, 7) is 6.85. The van der Waals surface area contributed by atoms with Crippen molar-refractivity contribution in [3.63, 3.8) is 0 Å². The second-order valence-corrected chi connectivity index (χ2v) is 11.6. The van der Waals surface area contributed by atoms with Crippen LogP contribution in [0.1, 0.15) is 78.6 Å². The smallest absolute Gasteiger partial charge is 0.305 e. The Labute approximate surface area is 181 Å². The summed E-state index contributed by atoms with van der Waals surface area (Å²) in [5, 5.41) is 33.1. The zero-order valence-corrected chi connectivity index (χ0v) is 19.2. The molecule has 4 rings (SSSR count). The average Bonchev–Trinajstić information content (AvgIpc) is 3.06. The molecule has 5 nitrogen and oxygen atoms in total. The van der Waals surface area contributed by atoms with Crippen molar-refractivity contribution >= 4 is 5.97 Å². The third-order valence-corrected chi connectivity index (χ3v) is 10.6. The highest BCUT2D eigenvalue weighted by molar-refractivity contribution is 5.69. The van der Waals surface area contributed by atoms with Gasteiger partial charge >= 0.3 is 5.97 Å². The van der Waals surface area contributed by atoms with E-state index in [0.29, 0.717) is 36.0 Å². The monoisotopic (exact) mass is 422 g/mol. The third kappa shape index (κ3) is 3.34. The standard InChI is InChI=1S/C25H42O5/c1-14(5-8-22(29)30-4)17-6-7-18-23-19(13-21(28)25(17,18)3)24(2)10-9-16(26)11-15(24)12-20(23)27/h14-21,23,26-28H,5-13H2,1-4H3/t14-,15?,16-,17-,18+,19+,20+,21+,23+,24+,25-/m1/s1. The molecule has 4 fully saturated rings. The van der Waals surface area contributed by atoms with Gasteiger partial charge in [0.15, 0.2) is 0 Å². The van der Waals surface area contributed by atoms with E-state index in [0.717, 1.165) is 51.4 Å². The van der Waals surface area contributed by atoms with Gasteiger partial charge in [0.05, 0.1) is 25.4 Å². The molecule has 0 aromatic carbocycles. The molecule has 0 spiro atoms. The van der Waals surface area contributed by atoms with Crippen molar-refractivity contribution in [1.82, 2.24) is 0 Å². The third-order valence-electron chi connectivity index (χ3n) is 10.6. The number of carbonyl (C=O) groups is 1. The predicted octanol–water partition coefficient (Wildman–Crippen LogP) is 3.54. The van der Waals surface area contributed by atoms with Crippen LogP contribution in [0.25, 0.3) is 0 Å². The Morgan fingerprint density at radius 2 is 1.80 bits per heavy atom. The Bertz CT molecular complexity index is 651. The highest BCUT2D eigenvalue weighted by Crippen LogP contribution is 2.68. The van der Waals surface area contributed by atoms with Gasteiger partial charge in [-0.2, -0.15) is 0 Å². The summed E-state index contributed by atoms with van der Waals surface area (Å²) in [5.74, 6) is 1.81. The van der Waals surface area contributed by atoms with Crippen LogP contribution in [0.3, 0.4) is 0 Å². The number of esters is 1. The summed E-state index contributed by atoms with van der Waals surface area (Å²) in [6.07, 6.45) is 6.60. The highest BCUT2D eigenvalue weighted by Gasteiger charge is 2.65. The molecule has 4 aliphatic carbocycles. The summed E-state index contributed by atoms with van der Waals surface area (Å²) < 4.78 is 4.83. The Balaban J connectivity index is 1.58. The maximum atomic E-state index is 11.7. The minimum atomic E-state index is -0.369. The van der Waals surface area contributed by atoms with Crippen molar-refractivity contribution in [2.45, 2.75) is 96.9 Å². The fourth-order valence-corrected chi connectivity index (χ4v) is 8.78. The number of methoxy groups -OCH3 is 1. The van der Waals surface area contributed by atoms with Crippen molar-refractivity contribution in [2.75, 3.05) is 7.11 Å². The molecule has 11 atom stereocenters. The number of hydrogen-bond donors (Lipinski definition) is 3. The second kappa shape index (κ2) is 8.04. The first-order valence-electron chi connectivity index (χ1n) is 12.2. The lowest BCUT2D eigenvalue weighted by molar-refractivity contribution is -0.207. The molecule has 0 saturated heterocycles. The van der Waals surface area contributed by atoms with Gasteiger partial charge in [-0.05, 0) is 97.7 Å². The number of carbonyl (C=O) groups excluding carboxylic acids is 1. The van der Waals surface area contributed by atoms with Gasteiger partial charge in [-0.15, -0.1) is 0 Å². The van der Waals surface area contributed by atoms with Crippen LogP contribution in [0.4, 0.5) is 0 Å². The Kier molecular flexibility index (Phi) is 6.04. The summed E-state index contributed by atoms with van der Waals surface area (Å²) in [6, 6.07) is 0. The van der Waals surface area contributed by atoms with E-state index < -0.39 is 0 Å². The van der Waals surface area contributed by atoms with E-state index in [9.17, 15) is 20.1 Å². The maximum absolute atomic E-state index is 11.7. The summed E-state index contributed by atoms with van der Waals surface area (Å²) in [4.78, 5) is 11.7. The van der Waals surface area contributed by atoms with Crippen LogP contribution >= 0.6 is 0 Å². The van der Waals surface area contributed by atoms with Crippen LogP contribution in [0.2, 0.25) is 0 Å². The van der Waals surface area contributed by atoms with Crippen LogP contribution in [0.5, 0.6) is 0 Å². The first-order valence-corrected chi connectivity index (χ1v) is 12.2.